The van der Waals surface area contributed by atoms with Gasteiger partial charge in [-0.15, -0.1) is 0 Å². The van der Waals surface area contributed by atoms with E-state index in [1.165, 1.54) is 18.4 Å². The lowest BCUT2D eigenvalue weighted by Gasteiger charge is -2.12. The largest absolute Gasteiger partial charge is 0.463 e. The number of rotatable bonds is 6. The first-order valence-electron chi connectivity index (χ1n) is 8.24. The van der Waals surface area contributed by atoms with Crippen molar-refractivity contribution in [3.63, 3.8) is 0 Å². The molecule has 0 radical (unpaired) electrons. The molecule has 3 rings (SSSR count). The second kappa shape index (κ2) is 7.09. The smallest absolute Gasteiger partial charge is 0.268 e. The molecule has 0 fully saturated rings. The molecule has 1 aromatic carbocycles. The number of nitrogens with one attached hydrogen (secondary N) is 1. The van der Waals surface area contributed by atoms with Crippen LogP contribution < -0.4 is 5.32 Å². The summed E-state index contributed by atoms with van der Waals surface area (Å²) in [4.78, 5) is 12.5. The fourth-order valence-electron chi connectivity index (χ4n) is 2.72. The number of halogens is 2. The Hall–Kier alpha value is -2.63. The maximum absolute atomic E-state index is 14.0. The van der Waals surface area contributed by atoms with Crippen molar-refractivity contribution in [1.29, 1.82) is 0 Å². The number of carbonyl (C=O) groups is 1. The summed E-state index contributed by atoms with van der Waals surface area (Å²) in [5, 5.41) is 2.88. The average Bonchev–Trinajstić information content (AvgIpc) is 3.11. The van der Waals surface area contributed by atoms with E-state index in [0.717, 1.165) is 12.5 Å². The highest BCUT2D eigenvalue weighted by Crippen LogP contribution is 2.23. The third-order valence-corrected chi connectivity index (χ3v) is 4.11. The van der Waals surface area contributed by atoms with Gasteiger partial charge in [0.2, 0.25) is 0 Å². The molecule has 0 aliphatic carbocycles. The highest BCUT2D eigenvalue weighted by Gasteiger charge is 2.18. The zero-order valence-electron chi connectivity index (χ0n) is 14.2. The Morgan fingerprint density at radius 2 is 2.04 bits per heavy atom. The maximum Gasteiger partial charge on any atom is 0.268 e. The van der Waals surface area contributed by atoms with E-state index >= 15 is 0 Å². The van der Waals surface area contributed by atoms with E-state index in [2.05, 4.69) is 19.2 Å². The van der Waals surface area contributed by atoms with Crippen LogP contribution in [0.5, 0.6) is 0 Å². The molecular weight excluding hydrogens is 326 g/mol. The normalized spacial score (nSPS) is 11.4. The van der Waals surface area contributed by atoms with Crippen LogP contribution in [0.1, 0.15) is 36.3 Å². The number of fused-ring (bicyclic) bond motifs is 1. The van der Waals surface area contributed by atoms with Gasteiger partial charge in [-0.25, -0.2) is 8.78 Å². The summed E-state index contributed by atoms with van der Waals surface area (Å²) in [5.74, 6) is -1.03. The van der Waals surface area contributed by atoms with Crippen molar-refractivity contribution in [1.82, 2.24) is 9.88 Å². The molecule has 0 aliphatic heterocycles. The second-order valence-electron chi connectivity index (χ2n) is 6.46. The highest BCUT2D eigenvalue weighted by molar-refractivity contribution is 5.97. The van der Waals surface area contributed by atoms with Crippen molar-refractivity contribution in [3.05, 3.63) is 59.5 Å². The number of amides is 1. The molecule has 1 amide bonds. The number of hydrogen-bond donors (Lipinski definition) is 1. The van der Waals surface area contributed by atoms with Gasteiger partial charge in [0.15, 0.2) is 5.58 Å². The Morgan fingerprint density at radius 3 is 2.76 bits per heavy atom. The van der Waals surface area contributed by atoms with Crippen LogP contribution in [0.3, 0.4) is 0 Å². The SMILES string of the molecule is CC(C)CCNC(=O)c1cc2occc2n1Cc1ccc(F)cc1F. The molecule has 3 aromatic rings. The van der Waals surface area contributed by atoms with Gasteiger partial charge in [-0.2, -0.15) is 0 Å². The first kappa shape index (κ1) is 17.2. The Labute approximate surface area is 144 Å². The standard InChI is InChI=1S/C19H20F2N2O2/c1-12(2)5-7-22-19(24)17-10-18-16(6-8-25-18)23(17)11-13-3-4-14(20)9-15(13)21/h3-4,6,8-10,12H,5,7,11H2,1-2H3,(H,22,24). The fraction of sp³-hybridized carbons (Fsp3) is 0.316. The van der Waals surface area contributed by atoms with Gasteiger partial charge < -0.3 is 14.3 Å². The molecule has 0 spiro atoms. The van der Waals surface area contributed by atoms with Gasteiger partial charge in [-0.3, -0.25) is 4.79 Å². The molecule has 0 unspecified atom stereocenters. The molecule has 0 atom stereocenters. The number of nitrogens with zero attached hydrogens (tertiary/aromatic N) is 1. The van der Waals surface area contributed by atoms with E-state index in [9.17, 15) is 13.6 Å². The van der Waals surface area contributed by atoms with Crippen LogP contribution in [0.2, 0.25) is 0 Å². The first-order valence-corrected chi connectivity index (χ1v) is 8.24. The molecule has 132 valence electrons. The number of furan rings is 1. The zero-order valence-corrected chi connectivity index (χ0v) is 14.2. The summed E-state index contributed by atoms with van der Waals surface area (Å²) in [6.45, 7) is 4.84. The minimum absolute atomic E-state index is 0.113. The number of benzene rings is 1. The number of hydrogen-bond acceptors (Lipinski definition) is 2. The van der Waals surface area contributed by atoms with Crippen molar-refractivity contribution in [2.45, 2.75) is 26.8 Å². The Balaban J connectivity index is 1.90. The topological polar surface area (TPSA) is 47.2 Å². The van der Waals surface area contributed by atoms with Crippen LogP contribution in [-0.2, 0) is 6.54 Å². The van der Waals surface area contributed by atoms with E-state index in [-0.39, 0.29) is 12.5 Å². The molecule has 0 saturated carbocycles. The van der Waals surface area contributed by atoms with Crippen molar-refractivity contribution < 1.29 is 18.0 Å². The van der Waals surface area contributed by atoms with Gasteiger partial charge in [0.05, 0.1) is 18.3 Å². The van der Waals surface area contributed by atoms with Gasteiger partial charge in [-0.05, 0) is 18.4 Å². The minimum Gasteiger partial charge on any atom is -0.463 e. The molecule has 2 aromatic heterocycles. The summed E-state index contributed by atoms with van der Waals surface area (Å²) in [5.41, 5.74) is 1.94. The van der Waals surface area contributed by atoms with E-state index in [1.807, 2.05) is 0 Å². The summed E-state index contributed by atoms with van der Waals surface area (Å²) in [6.07, 6.45) is 2.39. The first-order chi connectivity index (χ1) is 12.0. The predicted molar refractivity (Wildman–Crippen MR) is 91.5 cm³/mol. The molecule has 0 saturated heterocycles. The van der Waals surface area contributed by atoms with Crippen LogP contribution in [0.15, 0.2) is 41.0 Å². The van der Waals surface area contributed by atoms with Crippen molar-refractivity contribution in [2.24, 2.45) is 5.92 Å². The molecule has 0 aliphatic rings. The fourth-order valence-corrected chi connectivity index (χ4v) is 2.72. The van der Waals surface area contributed by atoms with Crippen LogP contribution in [0.25, 0.3) is 11.1 Å². The number of carbonyl (C=O) groups excluding carboxylic acids is 1. The number of aromatic nitrogens is 1. The minimum atomic E-state index is -0.642. The Morgan fingerprint density at radius 1 is 1.24 bits per heavy atom. The summed E-state index contributed by atoms with van der Waals surface area (Å²) in [6, 6.07) is 6.80. The lowest BCUT2D eigenvalue weighted by molar-refractivity contribution is 0.0943. The van der Waals surface area contributed by atoms with Crippen molar-refractivity contribution in [2.75, 3.05) is 6.54 Å². The predicted octanol–water partition coefficient (Wildman–Crippen LogP) is 4.34. The second-order valence-corrected chi connectivity index (χ2v) is 6.46. The molecule has 2 heterocycles. The van der Waals surface area contributed by atoms with Crippen LogP contribution in [0.4, 0.5) is 8.78 Å². The third-order valence-electron chi connectivity index (χ3n) is 4.11. The lowest BCUT2D eigenvalue weighted by Crippen LogP contribution is -2.27. The van der Waals surface area contributed by atoms with E-state index < -0.39 is 11.6 Å². The van der Waals surface area contributed by atoms with Crippen LogP contribution in [-0.4, -0.2) is 17.0 Å². The summed E-state index contributed by atoms with van der Waals surface area (Å²) >= 11 is 0. The summed E-state index contributed by atoms with van der Waals surface area (Å²) < 4.78 is 34.2. The highest BCUT2D eigenvalue weighted by atomic mass is 19.1. The average molecular weight is 346 g/mol. The Kier molecular flexibility index (Phi) is 4.88. The maximum atomic E-state index is 14.0. The van der Waals surface area contributed by atoms with E-state index in [1.54, 1.807) is 16.7 Å². The van der Waals surface area contributed by atoms with Gasteiger partial charge in [-0.1, -0.05) is 19.9 Å². The van der Waals surface area contributed by atoms with Gasteiger partial charge >= 0.3 is 0 Å². The molecule has 6 heteroatoms. The molecule has 1 N–H and O–H groups in total. The van der Waals surface area contributed by atoms with E-state index in [4.69, 9.17) is 4.42 Å². The molecule has 4 nitrogen and oxygen atoms in total. The van der Waals surface area contributed by atoms with Crippen molar-refractivity contribution >= 4 is 17.0 Å². The van der Waals surface area contributed by atoms with Crippen LogP contribution >= 0.6 is 0 Å². The van der Waals surface area contributed by atoms with Gasteiger partial charge in [0.25, 0.3) is 5.91 Å². The van der Waals surface area contributed by atoms with Gasteiger partial charge in [0, 0.05) is 30.3 Å². The monoisotopic (exact) mass is 346 g/mol. The van der Waals surface area contributed by atoms with Crippen molar-refractivity contribution in [3.8, 4) is 0 Å². The molecule has 25 heavy (non-hydrogen) atoms. The zero-order chi connectivity index (χ0) is 18.0. The molecule has 0 bridgehead atoms. The Bertz CT molecular complexity index is 896. The molecular formula is C19H20F2N2O2. The quantitative estimate of drug-likeness (QED) is 0.722. The van der Waals surface area contributed by atoms with E-state index in [0.29, 0.717) is 34.8 Å². The lowest BCUT2D eigenvalue weighted by atomic mass is 10.1. The van der Waals surface area contributed by atoms with Gasteiger partial charge in [0.1, 0.15) is 17.3 Å². The van der Waals surface area contributed by atoms with Crippen LogP contribution in [0, 0.1) is 17.6 Å². The summed E-state index contributed by atoms with van der Waals surface area (Å²) in [7, 11) is 0. The third kappa shape index (κ3) is 3.73.